The van der Waals surface area contributed by atoms with Gasteiger partial charge in [-0.3, -0.25) is 0 Å². The smallest absolute Gasteiger partial charge is 0.206 e. The maximum atomic E-state index is 6.53. The van der Waals surface area contributed by atoms with Crippen LogP contribution in [0.3, 0.4) is 0 Å². The molecule has 148 valence electrons. The maximum Gasteiger partial charge on any atom is 0.206 e. The van der Waals surface area contributed by atoms with E-state index in [-0.39, 0.29) is 0 Å². The van der Waals surface area contributed by atoms with E-state index in [1.54, 1.807) is 7.11 Å². The van der Waals surface area contributed by atoms with Crippen LogP contribution in [0.1, 0.15) is 24.8 Å². The van der Waals surface area contributed by atoms with Crippen LogP contribution in [-0.4, -0.2) is 41.9 Å². The fourth-order valence-corrected chi connectivity index (χ4v) is 3.75. The monoisotopic (exact) mass is 389 g/mol. The molecule has 4 rings (SSSR count). The van der Waals surface area contributed by atoms with Crippen molar-refractivity contribution in [2.45, 2.75) is 19.3 Å². The van der Waals surface area contributed by atoms with Crippen molar-refractivity contribution < 1.29 is 14.2 Å². The van der Waals surface area contributed by atoms with Crippen molar-refractivity contribution in [3.63, 3.8) is 0 Å². The van der Waals surface area contributed by atoms with Crippen LogP contribution in [0, 0.1) is 12.3 Å². The Morgan fingerprint density at radius 3 is 2.69 bits per heavy atom. The number of hydrogen-bond donors (Lipinski definition) is 1. The summed E-state index contributed by atoms with van der Waals surface area (Å²) in [5.41, 5.74) is 2.42. The van der Waals surface area contributed by atoms with Crippen LogP contribution in [0.5, 0.6) is 11.5 Å². The number of piperidine rings is 1. The topological polar surface area (TPSA) is 56.3 Å². The third-order valence-corrected chi connectivity index (χ3v) is 5.28. The summed E-state index contributed by atoms with van der Waals surface area (Å²) in [6.45, 7) is 1.94. The number of quaternary nitrogens is 1. The Balaban J connectivity index is 1.79. The first kappa shape index (κ1) is 19.0. The molecule has 0 saturated carbocycles. The molecular formula is C23H25N4O2+. The highest BCUT2D eigenvalue weighted by molar-refractivity contribution is 5.96. The molecule has 0 bridgehead atoms. The van der Waals surface area contributed by atoms with Crippen LogP contribution < -0.4 is 14.9 Å². The Hall–Kier alpha value is -3.30. The van der Waals surface area contributed by atoms with Crippen LogP contribution >= 0.6 is 0 Å². The molecular weight excluding hydrogens is 364 g/mol. The number of fused-ring (bicyclic) bond motifs is 1. The van der Waals surface area contributed by atoms with Gasteiger partial charge in [0.05, 0.1) is 18.0 Å². The second-order valence-electron chi connectivity index (χ2n) is 7.49. The average Bonchev–Trinajstić information content (AvgIpc) is 2.74. The van der Waals surface area contributed by atoms with E-state index < -0.39 is 0 Å². The minimum absolute atomic E-state index is 0.531. The molecule has 2 heterocycles. The van der Waals surface area contributed by atoms with Crippen molar-refractivity contribution in [1.29, 1.82) is 0 Å². The van der Waals surface area contributed by atoms with Crippen molar-refractivity contribution in [3.8, 4) is 23.8 Å². The van der Waals surface area contributed by atoms with Crippen LogP contribution in [0.4, 0.5) is 11.5 Å². The lowest BCUT2D eigenvalue weighted by atomic mass is 10.1. The molecule has 29 heavy (non-hydrogen) atoms. The normalized spacial score (nSPS) is 15.5. The molecule has 0 radical (unpaired) electrons. The average molecular weight is 389 g/mol. The highest BCUT2D eigenvalue weighted by Gasteiger charge is 2.29. The lowest BCUT2D eigenvalue weighted by molar-refractivity contribution is -1.07. The van der Waals surface area contributed by atoms with E-state index in [0.717, 1.165) is 48.1 Å². The van der Waals surface area contributed by atoms with Gasteiger partial charge in [0.15, 0.2) is 0 Å². The van der Waals surface area contributed by atoms with Gasteiger partial charge >= 0.3 is 0 Å². The van der Waals surface area contributed by atoms with Crippen LogP contribution in [0.2, 0.25) is 0 Å². The van der Waals surface area contributed by atoms with Crippen LogP contribution in [0.15, 0.2) is 42.7 Å². The summed E-state index contributed by atoms with van der Waals surface area (Å²) in [5, 5.41) is 4.20. The third kappa shape index (κ3) is 4.10. The summed E-state index contributed by atoms with van der Waals surface area (Å²) in [5.74, 6) is 4.74. The van der Waals surface area contributed by atoms with Gasteiger partial charge in [0.2, 0.25) is 5.75 Å². The number of nitrogens with one attached hydrogen (secondary N) is 1. The number of terminal acetylenes is 1. The van der Waals surface area contributed by atoms with E-state index in [9.17, 15) is 0 Å². The van der Waals surface area contributed by atoms with Crippen molar-refractivity contribution >= 4 is 22.4 Å². The number of nitrogens with zero attached hydrogens (tertiary/aromatic N) is 3. The Morgan fingerprint density at radius 1 is 1.10 bits per heavy atom. The Kier molecular flexibility index (Phi) is 5.24. The number of rotatable bonds is 5. The molecule has 1 aromatic heterocycles. The highest BCUT2D eigenvalue weighted by atomic mass is 16.7. The van der Waals surface area contributed by atoms with Gasteiger partial charge in [0.1, 0.15) is 38.0 Å². The summed E-state index contributed by atoms with van der Waals surface area (Å²) in [4.78, 5) is 15.5. The number of hydroxylamine groups is 3. The van der Waals surface area contributed by atoms with Gasteiger partial charge in [-0.25, -0.2) is 9.97 Å². The quantitative estimate of drug-likeness (QED) is 0.521. The molecule has 2 aromatic carbocycles. The first-order valence-electron chi connectivity index (χ1n) is 9.81. The van der Waals surface area contributed by atoms with Gasteiger partial charge in [0.25, 0.3) is 0 Å². The van der Waals surface area contributed by atoms with E-state index in [1.165, 1.54) is 12.7 Å². The first-order chi connectivity index (χ1) is 14.1. The molecule has 1 aliphatic heterocycles. The standard InChI is InChI=1S/C23H25N4O2/c1-4-17-9-8-10-18(13-17)26-23-22-20(24-16-25-23)14-19(28-3)15-21(22)29-27(2)11-6-5-7-12-27/h1,8-10,13-16H,5-7,11-12H2,2-3H3,(H,24,25,26)/q+1. The molecule has 3 aromatic rings. The Labute approximate surface area is 171 Å². The fraction of sp³-hybridized carbons (Fsp3) is 0.304. The van der Waals surface area contributed by atoms with E-state index in [1.807, 2.05) is 36.4 Å². The molecule has 0 amide bonds. The molecule has 6 heteroatoms. The van der Waals surface area contributed by atoms with Crippen molar-refractivity contribution in [3.05, 3.63) is 48.3 Å². The predicted molar refractivity (Wildman–Crippen MR) is 114 cm³/mol. The zero-order valence-electron chi connectivity index (χ0n) is 16.8. The number of anilines is 2. The number of ether oxygens (including phenoxy) is 1. The van der Waals surface area contributed by atoms with Gasteiger partial charge in [-0.15, -0.1) is 11.1 Å². The fourth-order valence-electron chi connectivity index (χ4n) is 3.75. The highest BCUT2D eigenvalue weighted by Crippen LogP contribution is 2.37. The van der Waals surface area contributed by atoms with Crippen molar-refractivity contribution in [1.82, 2.24) is 9.97 Å². The molecule has 6 nitrogen and oxygen atoms in total. The Morgan fingerprint density at radius 2 is 1.93 bits per heavy atom. The van der Waals surface area contributed by atoms with E-state index >= 15 is 0 Å². The summed E-state index contributed by atoms with van der Waals surface area (Å²) in [6.07, 6.45) is 10.6. The van der Waals surface area contributed by atoms with Gasteiger partial charge in [-0.2, -0.15) is 0 Å². The molecule has 0 atom stereocenters. The SMILES string of the molecule is C#Cc1cccc(Nc2ncnc3cc(OC)cc(O[N+]4(C)CCCCC4)c23)c1. The first-order valence-corrected chi connectivity index (χ1v) is 9.81. The summed E-state index contributed by atoms with van der Waals surface area (Å²) in [7, 11) is 3.77. The summed E-state index contributed by atoms with van der Waals surface area (Å²) >= 11 is 0. The summed E-state index contributed by atoms with van der Waals surface area (Å²) < 4.78 is 6.01. The van der Waals surface area contributed by atoms with Gasteiger partial charge in [0, 0.05) is 36.2 Å². The molecule has 0 aliphatic carbocycles. The number of aromatic nitrogens is 2. The Bertz CT molecular complexity index is 1070. The lowest BCUT2D eigenvalue weighted by Gasteiger charge is -2.35. The van der Waals surface area contributed by atoms with E-state index in [4.69, 9.17) is 16.0 Å². The predicted octanol–water partition coefficient (Wildman–Crippen LogP) is 4.29. The largest absolute Gasteiger partial charge is 0.497 e. The second-order valence-corrected chi connectivity index (χ2v) is 7.49. The number of benzene rings is 2. The number of hydrogen-bond acceptors (Lipinski definition) is 5. The maximum absolute atomic E-state index is 6.53. The van der Waals surface area contributed by atoms with Crippen molar-refractivity contribution in [2.75, 3.05) is 32.6 Å². The van der Waals surface area contributed by atoms with E-state index in [0.29, 0.717) is 22.0 Å². The molecule has 0 spiro atoms. The molecule has 1 N–H and O–H groups in total. The summed E-state index contributed by atoms with van der Waals surface area (Å²) in [6, 6.07) is 11.5. The zero-order chi connectivity index (χ0) is 20.3. The third-order valence-electron chi connectivity index (χ3n) is 5.28. The molecule has 1 saturated heterocycles. The minimum atomic E-state index is 0.531. The zero-order valence-corrected chi connectivity index (χ0v) is 16.8. The van der Waals surface area contributed by atoms with Crippen LogP contribution in [0.25, 0.3) is 10.9 Å². The number of likely N-dealkylation sites (tertiary alicyclic amines) is 1. The minimum Gasteiger partial charge on any atom is -0.497 e. The molecule has 1 aliphatic rings. The number of methoxy groups -OCH3 is 1. The van der Waals surface area contributed by atoms with Crippen LogP contribution in [-0.2, 0) is 0 Å². The van der Waals surface area contributed by atoms with E-state index in [2.05, 4.69) is 28.3 Å². The van der Waals surface area contributed by atoms with Gasteiger partial charge < -0.3 is 14.9 Å². The van der Waals surface area contributed by atoms with Gasteiger partial charge in [-0.1, -0.05) is 12.0 Å². The molecule has 0 unspecified atom stereocenters. The lowest BCUT2D eigenvalue weighted by Crippen LogP contribution is -2.50. The van der Waals surface area contributed by atoms with Gasteiger partial charge in [-0.05, 0) is 24.6 Å². The second kappa shape index (κ2) is 7.98. The van der Waals surface area contributed by atoms with Crippen molar-refractivity contribution in [2.24, 2.45) is 0 Å². The molecule has 1 fully saturated rings.